The maximum Gasteiger partial charge on any atom is 0.162 e. The number of hydrogen-bond acceptors (Lipinski definition) is 3. The van der Waals surface area contributed by atoms with Gasteiger partial charge in [-0.15, -0.1) is 0 Å². The van der Waals surface area contributed by atoms with Crippen LogP contribution in [0.5, 0.6) is 0 Å². The SMILES string of the molecule is c1ccc(-c2cccc(-c3nc(-c4cccc5c4oc4ccccc45)cc(-n4c5ccccc5c5c4ccc4c6ccccc6n(-c6ccccc6)c45)n3)c2)cc1. The van der Waals surface area contributed by atoms with Gasteiger partial charge in [0.15, 0.2) is 5.82 Å². The molecule has 0 aliphatic rings. The molecule has 12 aromatic rings. The third kappa shape index (κ3) is 4.82. The molecule has 5 nitrogen and oxygen atoms in total. The van der Waals surface area contributed by atoms with Crippen molar-refractivity contribution < 1.29 is 4.42 Å². The van der Waals surface area contributed by atoms with Crippen LogP contribution in [-0.2, 0) is 0 Å². The van der Waals surface area contributed by atoms with Crippen molar-refractivity contribution in [1.29, 1.82) is 0 Å². The number of aromatic nitrogens is 4. The predicted octanol–water partition coefficient (Wildman–Crippen LogP) is 13.6. The summed E-state index contributed by atoms with van der Waals surface area (Å²) in [6.45, 7) is 0. The van der Waals surface area contributed by atoms with E-state index in [1.54, 1.807) is 0 Å². The Morgan fingerprint density at radius 3 is 1.89 bits per heavy atom. The second-order valence-corrected chi connectivity index (χ2v) is 14.6. The number of fused-ring (bicyclic) bond motifs is 10. The minimum Gasteiger partial charge on any atom is -0.455 e. The van der Waals surface area contributed by atoms with Crippen LogP contribution in [0.25, 0.3) is 111 Å². The van der Waals surface area contributed by atoms with Gasteiger partial charge in [0.05, 0.1) is 27.8 Å². The minimum absolute atomic E-state index is 0.638. The zero-order valence-corrected chi connectivity index (χ0v) is 30.7. The maximum atomic E-state index is 6.59. The molecule has 0 aliphatic carbocycles. The first kappa shape index (κ1) is 31.6. The average Bonchev–Trinajstić information content (AvgIpc) is 3.95. The fraction of sp³-hybridized carbons (Fsp3) is 0. The van der Waals surface area contributed by atoms with Crippen molar-refractivity contribution in [3.05, 3.63) is 194 Å². The average molecular weight is 729 g/mol. The fourth-order valence-corrected chi connectivity index (χ4v) is 8.83. The van der Waals surface area contributed by atoms with Crippen LogP contribution < -0.4 is 0 Å². The lowest BCUT2D eigenvalue weighted by Crippen LogP contribution is -2.03. The van der Waals surface area contributed by atoms with Crippen molar-refractivity contribution >= 4 is 65.6 Å². The molecule has 0 aliphatic heterocycles. The fourth-order valence-electron chi connectivity index (χ4n) is 8.83. The van der Waals surface area contributed by atoms with Crippen molar-refractivity contribution in [1.82, 2.24) is 19.1 Å². The van der Waals surface area contributed by atoms with Gasteiger partial charge in [-0.25, -0.2) is 9.97 Å². The molecular formula is C52H32N4O. The number of nitrogens with zero attached hydrogens (tertiary/aromatic N) is 4. The zero-order valence-electron chi connectivity index (χ0n) is 30.7. The first-order valence-corrected chi connectivity index (χ1v) is 19.3. The molecule has 0 spiro atoms. The predicted molar refractivity (Wildman–Crippen MR) is 234 cm³/mol. The van der Waals surface area contributed by atoms with Gasteiger partial charge in [-0.05, 0) is 59.7 Å². The van der Waals surface area contributed by atoms with E-state index >= 15 is 0 Å². The quantitative estimate of drug-likeness (QED) is 0.177. The standard InChI is InChI=1S/C52H32N4O/c1-3-15-33(16-4-1)34-17-13-18-35(31-34)52-53-43(41-25-14-24-40-38-22-9-12-28-47(38)57-51(40)41)32-48(54-52)56-45-27-11-8-23-42(45)49-46(56)30-29-39-37-21-7-10-26-44(37)55(50(39)49)36-19-5-2-6-20-36/h1-32H. The van der Waals surface area contributed by atoms with Gasteiger partial charge in [-0.3, -0.25) is 4.57 Å². The molecule has 8 aromatic carbocycles. The molecule has 0 N–H and O–H groups in total. The molecule has 0 bridgehead atoms. The molecule has 0 fully saturated rings. The Morgan fingerprint density at radius 2 is 1.05 bits per heavy atom. The van der Waals surface area contributed by atoms with Crippen molar-refractivity contribution in [3.63, 3.8) is 0 Å². The van der Waals surface area contributed by atoms with E-state index in [1.807, 2.05) is 18.2 Å². The Kier molecular flexibility index (Phi) is 6.86. The van der Waals surface area contributed by atoms with Crippen LogP contribution in [0.15, 0.2) is 199 Å². The molecule has 12 rings (SSSR count). The Labute approximate surface area is 327 Å². The Morgan fingerprint density at radius 1 is 0.404 bits per heavy atom. The molecule has 5 heteroatoms. The molecule has 0 unspecified atom stereocenters. The molecule has 57 heavy (non-hydrogen) atoms. The second kappa shape index (κ2) is 12.4. The summed E-state index contributed by atoms with van der Waals surface area (Å²) in [7, 11) is 0. The van der Waals surface area contributed by atoms with Gasteiger partial charge in [0, 0.05) is 55.2 Å². The molecule has 0 saturated heterocycles. The van der Waals surface area contributed by atoms with Crippen LogP contribution >= 0.6 is 0 Å². The number of furan rings is 1. The lowest BCUT2D eigenvalue weighted by Gasteiger charge is -2.13. The lowest BCUT2D eigenvalue weighted by molar-refractivity contribution is 0.670. The molecule has 4 heterocycles. The molecular weight excluding hydrogens is 697 g/mol. The summed E-state index contributed by atoms with van der Waals surface area (Å²) >= 11 is 0. The van der Waals surface area contributed by atoms with E-state index in [9.17, 15) is 0 Å². The summed E-state index contributed by atoms with van der Waals surface area (Å²) in [5.41, 5.74) is 12.2. The highest BCUT2D eigenvalue weighted by Crippen LogP contribution is 2.43. The molecule has 0 radical (unpaired) electrons. The van der Waals surface area contributed by atoms with Crippen LogP contribution in [0.3, 0.4) is 0 Å². The van der Waals surface area contributed by atoms with Crippen molar-refractivity contribution in [2.45, 2.75) is 0 Å². The molecule has 0 amide bonds. The van der Waals surface area contributed by atoms with Gasteiger partial charge in [0.2, 0.25) is 0 Å². The Hall–Kier alpha value is -7.76. The van der Waals surface area contributed by atoms with E-state index in [1.165, 1.54) is 27.2 Å². The summed E-state index contributed by atoms with van der Waals surface area (Å²) in [5, 5.41) is 6.91. The number of para-hydroxylation sites is 5. The zero-order chi connectivity index (χ0) is 37.5. The van der Waals surface area contributed by atoms with E-state index in [0.29, 0.717) is 5.82 Å². The van der Waals surface area contributed by atoms with Gasteiger partial charge < -0.3 is 8.98 Å². The Bertz CT molecular complexity index is 3520. The van der Waals surface area contributed by atoms with Crippen LogP contribution in [-0.4, -0.2) is 19.1 Å². The summed E-state index contributed by atoms with van der Waals surface area (Å²) < 4.78 is 11.3. The van der Waals surface area contributed by atoms with E-state index in [0.717, 1.165) is 77.8 Å². The van der Waals surface area contributed by atoms with E-state index < -0.39 is 0 Å². The van der Waals surface area contributed by atoms with Gasteiger partial charge >= 0.3 is 0 Å². The van der Waals surface area contributed by atoms with Gasteiger partial charge in [0.1, 0.15) is 17.0 Å². The number of rotatable bonds is 5. The third-order valence-electron chi connectivity index (χ3n) is 11.3. The molecule has 0 atom stereocenters. The largest absolute Gasteiger partial charge is 0.455 e. The third-order valence-corrected chi connectivity index (χ3v) is 11.3. The van der Waals surface area contributed by atoms with Crippen LogP contribution in [0.4, 0.5) is 0 Å². The summed E-state index contributed by atoms with van der Waals surface area (Å²) in [6.07, 6.45) is 0. The van der Waals surface area contributed by atoms with Crippen LogP contribution in [0, 0.1) is 0 Å². The van der Waals surface area contributed by atoms with E-state index in [4.69, 9.17) is 14.4 Å². The highest BCUT2D eigenvalue weighted by Gasteiger charge is 2.23. The van der Waals surface area contributed by atoms with Crippen molar-refractivity contribution in [2.75, 3.05) is 0 Å². The highest BCUT2D eigenvalue weighted by molar-refractivity contribution is 6.26. The molecule has 0 saturated carbocycles. The summed E-state index contributed by atoms with van der Waals surface area (Å²) in [6, 6.07) is 68.2. The van der Waals surface area contributed by atoms with Crippen molar-refractivity contribution in [2.24, 2.45) is 0 Å². The van der Waals surface area contributed by atoms with Crippen LogP contribution in [0.1, 0.15) is 0 Å². The van der Waals surface area contributed by atoms with Crippen LogP contribution in [0.2, 0.25) is 0 Å². The monoisotopic (exact) mass is 728 g/mol. The lowest BCUT2D eigenvalue weighted by atomic mass is 10.0. The minimum atomic E-state index is 0.638. The topological polar surface area (TPSA) is 48.8 Å². The van der Waals surface area contributed by atoms with Gasteiger partial charge in [-0.1, -0.05) is 140 Å². The second-order valence-electron chi connectivity index (χ2n) is 14.6. The van der Waals surface area contributed by atoms with Gasteiger partial charge in [-0.2, -0.15) is 0 Å². The summed E-state index contributed by atoms with van der Waals surface area (Å²) in [4.78, 5) is 10.8. The normalized spacial score (nSPS) is 11.9. The molecule has 4 aromatic heterocycles. The van der Waals surface area contributed by atoms with Gasteiger partial charge in [0.25, 0.3) is 0 Å². The summed E-state index contributed by atoms with van der Waals surface area (Å²) in [5.74, 6) is 1.42. The number of hydrogen-bond donors (Lipinski definition) is 0. The molecule has 266 valence electrons. The highest BCUT2D eigenvalue weighted by atomic mass is 16.3. The van der Waals surface area contributed by atoms with Crippen molar-refractivity contribution in [3.8, 4) is 45.3 Å². The van der Waals surface area contributed by atoms with E-state index in [2.05, 4.69) is 185 Å². The maximum absolute atomic E-state index is 6.59. The number of benzene rings is 8. The first-order valence-electron chi connectivity index (χ1n) is 19.3. The smallest absolute Gasteiger partial charge is 0.162 e. The Balaban J connectivity index is 1.18. The first-order chi connectivity index (χ1) is 28.3. The van der Waals surface area contributed by atoms with E-state index in [-0.39, 0.29) is 0 Å².